The summed E-state index contributed by atoms with van der Waals surface area (Å²) < 4.78 is 0. The zero-order valence-electron chi connectivity index (χ0n) is 13.4. The molecule has 0 aromatic heterocycles. The summed E-state index contributed by atoms with van der Waals surface area (Å²) in [5, 5.41) is 3.08. The molecule has 116 valence electrons. The highest BCUT2D eigenvalue weighted by Crippen LogP contribution is 2.18. The standard InChI is InChI=1S/C17H27N3O/c1-14(11-18-2)17(21)19(3)16-9-10-20(13-16)12-15-7-5-4-6-8-15/h4-8,14,16,18H,9-13H2,1-3H3. The van der Waals surface area contributed by atoms with Gasteiger partial charge in [0.25, 0.3) is 0 Å². The van der Waals surface area contributed by atoms with Crippen LogP contribution in [-0.2, 0) is 11.3 Å². The Bertz CT molecular complexity index is 449. The molecule has 2 unspecified atom stereocenters. The number of amides is 1. The molecule has 0 aliphatic carbocycles. The molecule has 1 aromatic carbocycles. The van der Waals surface area contributed by atoms with Crippen molar-refractivity contribution in [3.05, 3.63) is 35.9 Å². The molecule has 1 N–H and O–H groups in total. The molecule has 1 aromatic rings. The van der Waals surface area contributed by atoms with Gasteiger partial charge in [0, 0.05) is 45.2 Å². The Morgan fingerprint density at radius 3 is 2.81 bits per heavy atom. The van der Waals surface area contributed by atoms with Gasteiger partial charge < -0.3 is 10.2 Å². The molecule has 1 amide bonds. The second-order valence-corrected chi connectivity index (χ2v) is 6.07. The Morgan fingerprint density at radius 1 is 1.43 bits per heavy atom. The van der Waals surface area contributed by atoms with Crippen molar-refractivity contribution >= 4 is 5.91 Å². The SMILES string of the molecule is CNCC(C)C(=O)N(C)C1CCN(Cc2ccccc2)C1. The van der Waals surface area contributed by atoms with Gasteiger partial charge in [-0.15, -0.1) is 0 Å². The predicted octanol–water partition coefficient (Wildman–Crippen LogP) is 1.57. The molecule has 4 nitrogen and oxygen atoms in total. The monoisotopic (exact) mass is 289 g/mol. The lowest BCUT2D eigenvalue weighted by Crippen LogP contribution is -2.43. The van der Waals surface area contributed by atoms with Crippen LogP contribution in [0.25, 0.3) is 0 Å². The molecular weight excluding hydrogens is 262 g/mol. The highest BCUT2D eigenvalue weighted by atomic mass is 16.2. The van der Waals surface area contributed by atoms with Gasteiger partial charge in [0.2, 0.25) is 5.91 Å². The lowest BCUT2D eigenvalue weighted by atomic mass is 10.1. The van der Waals surface area contributed by atoms with Crippen LogP contribution in [0, 0.1) is 5.92 Å². The summed E-state index contributed by atoms with van der Waals surface area (Å²) in [4.78, 5) is 16.7. The van der Waals surface area contributed by atoms with Crippen molar-refractivity contribution in [2.75, 3.05) is 33.7 Å². The van der Waals surface area contributed by atoms with E-state index in [1.165, 1.54) is 5.56 Å². The summed E-state index contributed by atoms with van der Waals surface area (Å²) in [5.41, 5.74) is 1.34. The van der Waals surface area contributed by atoms with Crippen LogP contribution in [0.15, 0.2) is 30.3 Å². The van der Waals surface area contributed by atoms with E-state index in [2.05, 4.69) is 34.5 Å². The molecule has 0 bridgehead atoms. The van der Waals surface area contributed by atoms with Crippen LogP contribution in [0.4, 0.5) is 0 Å². The number of likely N-dealkylation sites (tertiary alicyclic amines) is 1. The number of likely N-dealkylation sites (N-methyl/N-ethyl adjacent to an activating group) is 1. The third kappa shape index (κ3) is 4.29. The van der Waals surface area contributed by atoms with E-state index in [0.717, 1.165) is 32.6 Å². The average molecular weight is 289 g/mol. The molecule has 0 radical (unpaired) electrons. The second kappa shape index (κ2) is 7.57. The fourth-order valence-corrected chi connectivity index (χ4v) is 3.03. The van der Waals surface area contributed by atoms with Gasteiger partial charge >= 0.3 is 0 Å². The Hall–Kier alpha value is -1.39. The van der Waals surface area contributed by atoms with E-state index in [-0.39, 0.29) is 11.8 Å². The van der Waals surface area contributed by atoms with E-state index in [1.54, 1.807) is 0 Å². The minimum atomic E-state index is 0.0446. The van der Waals surface area contributed by atoms with Crippen LogP contribution < -0.4 is 5.32 Å². The minimum Gasteiger partial charge on any atom is -0.341 e. The van der Waals surface area contributed by atoms with Crippen LogP contribution in [0.3, 0.4) is 0 Å². The van der Waals surface area contributed by atoms with Gasteiger partial charge in [0.05, 0.1) is 0 Å². The predicted molar refractivity (Wildman–Crippen MR) is 86.0 cm³/mol. The van der Waals surface area contributed by atoms with Crippen molar-refractivity contribution in [3.63, 3.8) is 0 Å². The molecule has 1 saturated heterocycles. The highest BCUT2D eigenvalue weighted by Gasteiger charge is 2.29. The van der Waals surface area contributed by atoms with Crippen LogP contribution in [0.2, 0.25) is 0 Å². The van der Waals surface area contributed by atoms with Crippen molar-refractivity contribution in [3.8, 4) is 0 Å². The van der Waals surface area contributed by atoms with E-state index >= 15 is 0 Å². The molecule has 1 fully saturated rings. The van der Waals surface area contributed by atoms with E-state index in [0.29, 0.717) is 6.04 Å². The molecular formula is C17H27N3O. The number of hydrogen-bond acceptors (Lipinski definition) is 3. The Balaban J connectivity index is 1.85. The molecule has 2 atom stereocenters. The molecule has 0 spiro atoms. The molecule has 1 aliphatic heterocycles. The van der Waals surface area contributed by atoms with Crippen molar-refractivity contribution < 1.29 is 4.79 Å². The number of benzene rings is 1. The normalized spacial score (nSPS) is 20.4. The molecule has 1 aliphatic rings. The van der Waals surface area contributed by atoms with Gasteiger partial charge in [-0.1, -0.05) is 37.3 Å². The molecule has 0 saturated carbocycles. The maximum Gasteiger partial charge on any atom is 0.226 e. The highest BCUT2D eigenvalue weighted by molar-refractivity contribution is 5.78. The van der Waals surface area contributed by atoms with Crippen LogP contribution in [-0.4, -0.2) is 55.5 Å². The smallest absolute Gasteiger partial charge is 0.226 e. The first-order valence-electron chi connectivity index (χ1n) is 7.79. The Morgan fingerprint density at radius 2 is 2.14 bits per heavy atom. The molecule has 21 heavy (non-hydrogen) atoms. The maximum absolute atomic E-state index is 12.4. The topological polar surface area (TPSA) is 35.6 Å². The van der Waals surface area contributed by atoms with Crippen molar-refractivity contribution in [2.45, 2.75) is 25.9 Å². The summed E-state index contributed by atoms with van der Waals surface area (Å²) in [6.45, 7) is 5.75. The largest absolute Gasteiger partial charge is 0.341 e. The number of rotatable bonds is 6. The number of carbonyl (C=O) groups is 1. The first kappa shape index (κ1) is 16.0. The quantitative estimate of drug-likeness (QED) is 0.863. The van der Waals surface area contributed by atoms with E-state index in [9.17, 15) is 4.79 Å². The van der Waals surface area contributed by atoms with Gasteiger partial charge in [0.15, 0.2) is 0 Å². The van der Waals surface area contributed by atoms with Gasteiger partial charge in [-0.3, -0.25) is 9.69 Å². The third-order valence-corrected chi connectivity index (χ3v) is 4.32. The van der Waals surface area contributed by atoms with Crippen LogP contribution in [0.5, 0.6) is 0 Å². The summed E-state index contributed by atoms with van der Waals surface area (Å²) in [6, 6.07) is 10.9. The van der Waals surface area contributed by atoms with E-state index in [1.807, 2.05) is 32.0 Å². The first-order chi connectivity index (χ1) is 10.1. The number of hydrogen-bond donors (Lipinski definition) is 1. The Labute approximate surface area is 128 Å². The number of nitrogens with zero attached hydrogens (tertiary/aromatic N) is 2. The van der Waals surface area contributed by atoms with E-state index < -0.39 is 0 Å². The summed E-state index contributed by atoms with van der Waals surface area (Å²) in [7, 11) is 3.84. The third-order valence-electron chi connectivity index (χ3n) is 4.32. The maximum atomic E-state index is 12.4. The van der Waals surface area contributed by atoms with Gasteiger partial charge in [-0.05, 0) is 19.0 Å². The van der Waals surface area contributed by atoms with E-state index in [4.69, 9.17) is 0 Å². The van der Waals surface area contributed by atoms with Crippen molar-refractivity contribution in [1.29, 1.82) is 0 Å². The zero-order valence-corrected chi connectivity index (χ0v) is 13.4. The summed E-state index contributed by atoms with van der Waals surface area (Å²) in [6.07, 6.45) is 1.07. The lowest BCUT2D eigenvalue weighted by molar-refractivity contribution is -0.135. The number of nitrogens with one attached hydrogen (secondary N) is 1. The van der Waals surface area contributed by atoms with Crippen molar-refractivity contribution in [1.82, 2.24) is 15.1 Å². The van der Waals surface area contributed by atoms with Crippen molar-refractivity contribution in [2.24, 2.45) is 5.92 Å². The fraction of sp³-hybridized carbons (Fsp3) is 0.588. The molecule has 2 rings (SSSR count). The van der Waals surface area contributed by atoms with Crippen LogP contribution >= 0.6 is 0 Å². The van der Waals surface area contributed by atoms with Crippen LogP contribution in [0.1, 0.15) is 18.9 Å². The molecule has 4 heteroatoms. The zero-order chi connectivity index (χ0) is 15.2. The Kier molecular flexibility index (Phi) is 5.76. The fourth-order valence-electron chi connectivity index (χ4n) is 3.03. The lowest BCUT2D eigenvalue weighted by Gasteiger charge is -2.27. The van der Waals surface area contributed by atoms with Gasteiger partial charge in [0.1, 0.15) is 0 Å². The minimum absolute atomic E-state index is 0.0446. The van der Waals surface area contributed by atoms with Gasteiger partial charge in [-0.2, -0.15) is 0 Å². The first-order valence-corrected chi connectivity index (χ1v) is 7.79. The number of carbonyl (C=O) groups excluding carboxylic acids is 1. The average Bonchev–Trinajstić information content (AvgIpc) is 2.95. The summed E-state index contributed by atoms with van der Waals surface area (Å²) in [5.74, 6) is 0.291. The van der Waals surface area contributed by atoms with Gasteiger partial charge in [-0.25, -0.2) is 0 Å². The summed E-state index contributed by atoms with van der Waals surface area (Å²) >= 11 is 0. The second-order valence-electron chi connectivity index (χ2n) is 6.07. The molecule has 1 heterocycles.